The monoisotopic (exact) mass is 291 g/mol. The van der Waals surface area contributed by atoms with Crippen molar-refractivity contribution in [1.29, 1.82) is 0 Å². The van der Waals surface area contributed by atoms with Gasteiger partial charge in [0.1, 0.15) is 5.75 Å². The van der Waals surface area contributed by atoms with Gasteiger partial charge in [0.05, 0.1) is 12.1 Å². The number of methoxy groups -OCH3 is 1. The zero-order chi connectivity index (χ0) is 13.7. The van der Waals surface area contributed by atoms with Crippen molar-refractivity contribution in [2.75, 3.05) is 12.4 Å². The lowest BCUT2D eigenvalue weighted by Crippen LogP contribution is -2.33. The molecule has 0 saturated heterocycles. The fourth-order valence-electron chi connectivity index (χ4n) is 5.20. The van der Waals surface area contributed by atoms with E-state index >= 15 is 0 Å². The molecule has 4 rings (SSSR count). The van der Waals surface area contributed by atoms with Crippen molar-refractivity contribution >= 4 is 17.3 Å². The first kappa shape index (κ1) is 12.8. The third kappa shape index (κ3) is 1.92. The van der Waals surface area contributed by atoms with Crippen molar-refractivity contribution in [2.24, 2.45) is 23.7 Å². The number of halogens is 1. The van der Waals surface area contributed by atoms with Gasteiger partial charge in [-0.3, -0.25) is 0 Å². The van der Waals surface area contributed by atoms with Gasteiger partial charge < -0.3 is 10.1 Å². The summed E-state index contributed by atoms with van der Waals surface area (Å²) >= 11 is 6.22. The molecule has 20 heavy (non-hydrogen) atoms. The standard InChI is InChI=1S/C17H22ClNO/c1-20-17-6-5-11(9-15(17)18)19-16-8-10-7-14(16)13-4-2-3-12(10)13/h5-6,9-10,12-14,16,19H,2-4,7-8H2,1H3. The molecule has 3 saturated carbocycles. The van der Waals surface area contributed by atoms with Gasteiger partial charge in [-0.25, -0.2) is 0 Å². The number of nitrogens with one attached hydrogen (secondary N) is 1. The summed E-state index contributed by atoms with van der Waals surface area (Å²) in [5.41, 5.74) is 1.14. The predicted molar refractivity (Wildman–Crippen MR) is 82.5 cm³/mol. The van der Waals surface area contributed by atoms with E-state index in [1.807, 2.05) is 12.1 Å². The largest absolute Gasteiger partial charge is 0.495 e. The molecule has 1 aromatic rings. The molecule has 5 unspecified atom stereocenters. The Kier molecular flexibility index (Phi) is 3.10. The molecule has 2 nitrogen and oxygen atoms in total. The van der Waals surface area contributed by atoms with E-state index in [-0.39, 0.29) is 0 Å². The lowest BCUT2D eigenvalue weighted by atomic mass is 9.79. The Morgan fingerprint density at radius 1 is 1.15 bits per heavy atom. The highest BCUT2D eigenvalue weighted by molar-refractivity contribution is 6.32. The van der Waals surface area contributed by atoms with Crippen LogP contribution < -0.4 is 10.1 Å². The van der Waals surface area contributed by atoms with Gasteiger partial charge in [0.2, 0.25) is 0 Å². The Balaban J connectivity index is 1.49. The van der Waals surface area contributed by atoms with Crippen molar-refractivity contribution in [2.45, 2.75) is 38.1 Å². The van der Waals surface area contributed by atoms with Gasteiger partial charge in [0.25, 0.3) is 0 Å². The molecule has 3 fully saturated rings. The van der Waals surface area contributed by atoms with Crippen LogP contribution in [0.25, 0.3) is 0 Å². The fourth-order valence-corrected chi connectivity index (χ4v) is 5.46. The Hall–Kier alpha value is -0.890. The minimum absolute atomic E-state index is 0.656. The van der Waals surface area contributed by atoms with E-state index < -0.39 is 0 Å². The smallest absolute Gasteiger partial charge is 0.137 e. The van der Waals surface area contributed by atoms with Gasteiger partial charge in [0.15, 0.2) is 0 Å². The number of ether oxygens (including phenoxy) is 1. The summed E-state index contributed by atoms with van der Waals surface area (Å²) in [6, 6.07) is 6.70. The highest BCUT2D eigenvalue weighted by Gasteiger charge is 2.53. The molecule has 0 spiro atoms. The zero-order valence-corrected chi connectivity index (χ0v) is 12.7. The summed E-state index contributed by atoms with van der Waals surface area (Å²) in [5, 5.41) is 4.43. The van der Waals surface area contributed by atoms with Crippen LogP contribution in [0.5, 0.6) is 5.75 Å². The van der Waals surface area contributed by atoms with Crippen molar-refractivity contribution in [1.82, 2.24) is 0 Å². The van der Waals surface area contributed by atoms with Crippen LogP contribution in [0.2, 0.25) is 5.02 Å². The van der Waals surface area contributed by atoms with Gasteiger partial charge in [-0.1, -0.05) is 18.0 Å². The molecule has 0 radical (unpaired) electrons. The number of rotatable bonds is 3. The summed E-state index contributed by atoms with van der Waals surface area (Å²) in [4.78, 5) is 0. The van der Waals surface area contributed by atoms with Gasteiger partial charge >= 0.3 is 0 Å². The van der Waals surface area contributed by atoms with E-state index in [2.05, 4.69) is 11.4 Å². The third-order valence-corrected chi connectivity index (χ3v) is 6.23. The van der Waals surface area contributed by atoms with Gasteiger partial charge in [0, 0.05) is 11.7 Å². The van der Waals surface area contributed by atoms with Crippen LogP contribution in [-0.2, 0) is 0 Å². The van der Waals surface area contributed by atoms with Crippen LogP contribution in [0.1, 0.15) is 32.1 Å². The summed E-state index contributed by atoms with van der Waals surface area (Å²) in [5.74, 6) is 4.69. The van der Waals surface area contributed by atoms with E-state index in [4.69, 9.17) is 16.3 Å². The van der Waals surface area contributed by atoms with Gasteiger partial charge in [-0.15, -0.1) is 0 Å². The van der Waals surface area contributed by atoms with Crippen molar-refractivity contribution < 1.29 is 4.74 Å². The Bertz CT molecular complexity index is 518. The maximum atomic E-state index is 6.22. The van der Waals surface area contributed by atoms with E-state index in [0.29, 0.717) is 11.1 Å². The topological polar surface area (TPSA) is 21.3 Å². The molecule has 3 aliphatic rings. The highest BCUT2D eigenvalue weighted by atomic mass is 35.5. The summed E-state index contributed by atoms with van der Waals surface area (Å²) in [6.45, 7) is 0. The predicted octanol–water partition coefficient (Wildman–Crippen LogP) is 4.59. The second kappa shape index (κ2) is 4.84. The first-order valence-electron chi connectivity index (χ1n) is 7.86. The molecule has 2 bridgehead atoms. The molecule has 1 aromatic carbocycles. The van der Waals surface area contributed by atoms with Gasteiger partial charge in [-0.2, -0.15) is 0 Å². The SMILES string of the molecule is COc1ccc(NC2CC3CC2C2CCCC32)cc1Cl. The van der Waals surface area contributed by atoms with E-state index in [1.54, 1.807) is 7.11 Å². The second-order valence-electron chi connectivity index (χ2n) is 6.75. The van der Waals surface area contributed by atoms with Crippen LogP contribution in [0.4, 0.5) is 5.69 Å². The van der Waals surface area contributed by atoms with Crippen molar-refractivity contribution in [3.8, 4) is 5.75 Å². The molecule has 0 heterocycles. The molecular weight excluding hydrogens is 270 g/mol. The lowest BCUT2D eigenvalue weighted by Gasteiger charge is -2.32. The lowest BCUT2D eigenvalue weighted by molar-refractivity contribution is 0.243. The third-order valence-electron chi connectivity index (χ3n) is 5.93. The summed E-state index contributed by atoms with van der Waals surface area (Å²) in [7, 11) is 1.66. The number of hydrogen-bond acceptors (Lipinski definition) is 2. The van der Waals surface area contributed by atoms with Crippen molar-refractivity contribution in [3.05, 3.63) is 23.2 Å². The molecule has 1 N–H and O–H groups in total. The fraction of sp³-hybridized carbons (Fsp3) is 0.647. The van der Waals surface area contributed by atoms with Crippen molar-refractivity contribution in [3.63, 3.8) is 0 Å². The number of hydrogen-bond donors (Lipinski definition) is 1. The summed E-state index contributed by atoms with van der Waals surface area (Å²) < 4.78 is 5.22. The van der Waals surface area contributed by atoms with Crippen LogP contribution in [0, 0.1) is 23.7 Å². The summed E-state index contributed by atoms with van der Waals surface area (Å²) in [6.07, 6.45) is 7.23. The van der Waals surface area contributed by atoms with Gasteiger partial charge in [-0.05, 0) is 67.6 Å². The Labute approximate surface area is 125 Å². The Morgan fingerprint density at radius 3 is 2.80 bits per heavy atom. The Morgan fingerprint density at radius 2 is 2.00 bits per heavy atom. The second-order valence-corrected chi connectivity index (χ2v) is 7.16. The van der Waals surface area contributed by atoms with Crippen LogP contribution >= 0.6 is 11.6 Å². The number of fused-ring (bicyclic) bond motifs is 5. The molecule has 0 aliphatic heterocycles. The first-order valence-corrected chi connectivity index (χ1v) is 8.24. The average molecular weight is 292 g/mol. The van der Waals surface area contributed by atoms with E-state index in [0.717, 1.165) is 35.1 Å². The average Bonchev–Trinajstić information content (AvgIpc) is 3.10. The van der Waals surface area contributed by atoms with Crippen LogP contribution in [-0.4, -0.2) is 13.2 Å². The molecule has 0 aromatic heterocycles. The maximum absolute atomic E-state index is 6.22. The minimum Gasteiger partial charge on any atom is -0.495 e. The van der Waals surface area contributed by atoms with Crippen LogP contribution in [0.15, 0.2) is 18.2 Å². The maximum Gasteiger partial charge on any atom is 0.137 e. The zero-order valence-electron chi connectivity index (χ0n) is 11.9. The van der Waals surface area contributed by atoms with E-state index in [9.17, 15) is 0 Å². The molecular formula is C17H22ClNO. The molecule has 3 heteroatoms. The number of anilines is 1. The normalized spacial score (nSPS) is 38.0. The number of benzene rings is 1. The minimum atomic E-state index is 0.656. The first-order chi connectivity index (χ1) is 9.76. The quantitative estimate of drug-likeness (QED) is 0.880. The molecule has 108 valence electrons. The highest BCUT2D eigenvalue weighted by Crippen LogP contribution is 2.59. The van der Waals surface area contributed by atoms with Crippen LogP contribution in [0.3, 0.4) is 0 Å². The van der Waals surface area contributed by atoms with E-state index in [1.165, 1.54) is 32.1 Å². The molecule has 0 amide bonds. The molecule has 5 atom stereocenters. The molecule has 3 aliphatic carbocycles.